The Morgan fingerprint density at radius 2 is 2.38 bits per heavy atom. The van der Waals surface area contributed by atoms with E-state index in [0.717, 1.165) is 17.4 Å². The van der Waals surface area contributed by atoms with Gasteiger partial charge in [0.15, 0.2) is 4.90 Å². The van der Waals surface area contributed by atoms with Gasteiger partial charge < -0.3 is 9.29 Å². The first-order valence-electron chi connectivity index (χ1n) is 4.83. The lowest BCUT2D eigenvalue weighted by Gasteiger charge is -2.15. The number of benzene rings is 1. The molecule has 1 heterocycles. The quantitative estimate of drug-likeness (QED) is 0.599. The van der Waals surface area contributed by atoms with Crippen molar-refractivity contribution in [3.8, 4) is 5.75 Å². The smallest absolute Gasteiger partial charge is 0.276 e. The lowest BCUT2D eigenvalue weighted by Crippen LogP contribution is -2.14. The number of alkyl halides is 1. The maximum absolute atomic E-state index is 13.2. The van der Waals surface area contributed by atoms with Crippen LogP contribution in [0.4, 0.5) is 4.39 Å². The highest BCUT2D eigenvalue weighted by Gasteiger charge is 2.22. The van der Waals surface area contributed by atoms with Gasteiger partial charge in [-0.15, -0.1) is 0 Å². The maximum atomic E-state index is 13.2. The van der Waals surface area contributed by atoms with Crippen LogP contribution in [0.1, 0.15) is 5.56 Å². The van der Waals surface area contributed by atoms with Gasteiger partial charge in [-0.05, 0) is 24.3 Å². The molecule has 0 bridgehead atoms. The lowest BCUT2D eigenvalue weighted by molar-refractivity contribution is 0.358. The molecule has 1 aliphatic rings. The lowest BCUT2D eigenvalue weighted by atomic mass is 10.1. The van der Waals surface area contributed by atoms with Crippen LogP contribution in [0, 0.1) is 0 Å². The third kappa shape index (κ3) is 2.13. The first kappa shape index (κ1) is 11.2. The summed E-state index contributed by atoms with van der Waals surface area (Å²) in [5.74, 6) is 0.734. The Bertz CT molecular complexity index is 431. The van der Waals surface area contributed by atoms with E-state index < -0.39 is 16.7 Å². The van der Waals surface area contributed by atoms with Crippen molar-refractivity contribution < 1.29 is 13.7 Å². The van der Waals surface area contributed by atoms with Crippen LogP contribution < -0.4 is 4.74 Å². The molecule has 4 heteroatoms. The molecule has 0 N–H and O–H groups in total. The summed E-state index contributed by atoms with van der Waals surface area (Å²) in [5, 5.41) is 0. The molecule has 0 radical (unpaired) electrons. The molecule has 2 unspecified atom stereocenters. The van der Waals surface area contributed by atoms with Gasteiger partial charge in [-0.25, -0.2) is 0 Å². The van der Waals surface area contributed by atoms with Crippen molar-refractivity contribution in [2.45, 2.75) is 10.4 Å². The van der Waals surface area contributed by atoms with E-state index in [1.54, 1.807) is 18.2 Å². The third-order valence-electron chi connectivity index (χ3n) is 2.24. The molecule has 16 heavy (non-hydrogen) atoms. The molecule has 0 saturated heterocycles. The molecule has 2 rings (SSSR count). The van der Waals surface area contributed by atoms with Crippen molar-refractivity contribution in [3.05, 3.63) is 42.5 Å². The van der Waals surface area contributed by atoms with Gasteiger partial charge in [0.1, 0.15) is 12.4 Å². The first-order valence-corrected chi connectivity index (χ1v) is 6.04. The van der Waals surface area contributed by atoms with Crippen molar-refractivity contribution in [2.24, 2.45) is 0 Å². The van der Waals surface area contributed by atoms with Crippen LogP contribution in [0.25, 0.3) is 6.08 Å². The number of ether oxygens (including phenoxy) is 1. The molecule has 1 aromatic carbocycles. The van der Waals surface area contributed by atoms with Crippen LogP contribution in [0.3, 0.4) is 0 Å². The van der Waals surface area contributed by atoms with E-state index in [-0.39, 0.29) is 0 Å². The summed E-state index contributed by atoms with van der Waals surface area (Å²) < 4.78 is 30.2. The largest absolute Gasteiger partial charge is 0.609 e. The summed E-state index contributed by atoms with van der Waals surface area (Å²) in [5.41, 5.74) is -0.708. The molecule has 2 nitrogen and oxygen atoms in total. The topological polar surface area (TPSA) is 32.3 Å². The Kier molecular flexibility index (Phi) is 3.31. The fraction of sp³-hybridized carbons (Fsp3) is 0.167. The summed E-state index contributed by atoms with van der Waals surface area (Å²) in [4.78, 5) is 0.446. The molecule has 0 spiro atoms. The summed E-state index contributed by atoms with van der Waals surface area (Å²) in [6.07, 6.45) is 4.78. The molecular formula is C12H11FO2S. The second-order valence-electron chi connectivity index (χ2n) is 3.30. The molecule has 0 aromatic heterocycles. The van der Waals surface area contributed by atoms with Crippen LogP contribution in [-0.4, -0.2) is 16.7 Å². The van der Waals surface area contributed by atoms with E-state index in [0.29, 0.717) is 11.5 Å². The molecular weight excluding hydrogens is 227 g/mol. The van der Waals surface area contributed by atoms with Crippen molar-refractivity contribution in [2.75, 3.05) is 6.61 Å². The first-order chi connectivity index (χ1) is 7.72. The molecule has 0 amide bonds. The van der Waals surface area contributed by atoms with E-state index in [1.165, 1.54) is 0 Å². The molecule has 0 aliphatic carbocycles. The van der Waals surface area contributed by atoms with Crippen molar-refractivity contribution in [1.82, 2.24) is 0 Å². The average Bonchev–Trinajstić information content (AvgIpc) is 2.36. The van der Waals surface area contributed by atoms with Gasteiger partial charge in [-0.2, -0.15) is 4.39 Å². The normalized spacial score (nSPS) is 17.1. The highest BCUT2D eigenvalue weighted by molar-refractivity contribution is 7.92. The number of halogens is 1. The Morgan fingerprint density at radius 1 is 1.56 bits per heavy atom. The summed E-state index contributed by atoms with van der Waals surface area (Å²) in [6.45, 7) is 3.82. The molecule has 1 aromatic rings. The maximum Gasteiger partial charge on any atom is 0.276 e. The number of fused-ring (bicyclic) bond motifs is 1. The minimum atomic E-state index is -1.70. The molecule has 1 aliphatic heterocycles. The van der Waals surface area contributed by atoms with Crippen molar-refractivity contribution in [1.29, 1.82) is 0 Å². The van der Waals surface area contributed by atoms with Crippen LogP contribution in [-0.2, 0) is 11.2 Å². The highest BCUT2D eigenvalue weighted by Crippen LogP contribution is 2.28. The summed E-state index contributed by atoms with van der Waals surface area (Å²) >= 11 is -1.70. The third-order valence-corrected chi connectivity index (χ3v) is 3.56. The summed E-state index contributed by atoms with van der Waals surface area (Å²) in [6, 6.07) is 5.00. The van der Waals surface area contributed by atoms with Crippen LogP contribution in [0.5, 0.6) is 5.75 Å². The van der Waals surface area contributed by atoms with Gasteiger partial charge in [0.2, 0.25) is 0 Å². The standard InChI is InChI=1S/C12H11FO2S/c1-2-12(13)16(14)10-5-6-11-9(8-10)4-3-7-15-11/h2-6,8,12H,1,7H2. The Labute approximate surface area is 96.6 Å². The molecule has 84 valence electrons. The molecule has 0 saturated carbocycles. The van der Waals surface area contributed by atoms with Gasteiger partial charge in [-0.1, -0.05) is 12.7 Å². The fourth-order valence-corrected chi connectivity index (χ4v) is 2.32. The molecule has 2 atom stereocenters. The van der Waals surface area contributed by atoms with Crippen molar-refractivity contribution >= 4 is 17.3 Å². The SMILES string of the molecule is C=CC(F)[S+]([O-])c1ccc2c(c1)C=CCO2. The minimum Gasteiger partial charge on any atom is -0.609 e. The van der Waals surface area contributed by atoms with Gasteiger partial charge >= 0.3 is 0 Å². The number of hydrogen-bond acceptors (Lipinski definition) is 2. The minimum absolute atomic E-state index is 0.446. The second kappa shape index (κ2) is 4.72. The van der Waals surface area contributed by atoms with Crippen LogP contribution in [0.2, 0.25) is 0 Å². The average molecular weight is 238 g/mol. The second-order valence-corrected chi connectivity index (χ2v) is 4.81. The van der Waals surface area contributed by atoms with E-state index >= 15 is 0 Å². The summed E-state index contributed by atoms with van der Waals surface area (Å²) in [7, 11) is 0. The highest BCUT2D eigenvalue weighted by atomic mass is 32.2. The zero-order valence-corrected chi connectivity index (χ0v) is 9.37. The zero-order valence-electron chi connectivity index (χ0n) is 8.56. The molecule has 0 fully saturated rings. The van der Waals surface area contributed by atoms with E-state index in [1.807, 2.05) is 12.2 Å². The monoisotopic (exact) mass is 238 g/mol. The number of rotatable bonds is 3. The number of hydrogen-bond donors (Lipinski definition) is 0. The van der Waals surface area contributed by atoms with Gasteiger partial charge in [0.25, 0.3) is 5.50 Å². The van der Waals surface area contributed by atoms with Gasteiger partial charge in [0.05, 0.1) is 0 Å². The van der Waals surface area contributed by atoms with E-state index in [9.17, 15) is 8.94 Å². The van der Waals surface area contributed by atoms with Gasteiger partial charge in [0, 0.05) is 22.8 Å². The Morgan fingerprint density at radius 3 is 3.12 bits per heavy atom. The van der Waals surface area contributed by atoms with Crippen LogP contribution >= 0.6 is 0 Å². The van der Waals surface area contributed by atoms with Gasteiger partial charge in [-0.3, -0.25) is 0 Å². The van der Waals surface area contributed by atoms with E-state index in [2.05, 4.69) is 6.58 Å². The zero-order chi connectivity index (χ0) is 11.5. The van der Waals surface area contributed by atoms with Crippen LogP contribution in [0.15, 0.2) is 41.8 Å². The fourth-order valence-electron chi connectivity index (χ4n) is 1.44. The van der Waals surface area contributed by atoms with E-state index in [4.69, 9.17) is 4.74 Å². The van der Waals surface area contributed by atoms with Crippen molar-refractivity contribution in [3.63, 3.8) is 0 Å². The predicted molar refractivity (Wildman–Crippen MR) is 62.5 cm³/mol. The predicted octanol–water partition coefficient (Wildman–Crippen LogP) is 2.68. The Balaban J connectivity index is 2.31. The Hall–Kier alpha value is -1.26.